The highest BCUT2D eigenvalue weighted by molar-refractivity contribution is 5.79. The van der Waals surface area contributed by atoms with Crippen LogP contribution in [-0.2, 0) is 22.6 Å². The largest absolute Gasteiger partial charge is 0.381 e. The Balaban J connectivity index is 1.40. The van der Waals surface area contributed by atoms with E-state index < -0.39 is 0 Å². The molecule has 0 spiro atoms. The highest BCUT2D eigenvalue weighted by atomic mass is 16.5. The first-order valence-corrected chi connectivity index (χ1v) is 10.1. The van der Waals surface area contributed by atoms with E-state index in [0.717, 1.165) is 51.0 Å². The number of amides is 1. The van der Waals surface area contributed by atoms with Crippen LogP contribution in [0.25, 0.3) is 0 Å². The first-order chi connectivity index (χ1) is 13.3. The Labute approximate surface area is 162 Å². The van der Waals surface area contributed by atoms with Gasteiger partial charge in [0.05, 0.1) is 0 Å². The van der Waals surface area contributed by atoms with Crippen LogP contribution in [0.3, 0.4) is 0 Å². The zero-order valence-electron chi connectivity index (χ0n) is 16.4. The molecule has 0 bridgehead atoms. The quantitative estimate of drug-likeness (QED) is 0.376. The molecule has 148 valence electrons. The molecule has 2 N–H and O–H groups in total. The number of likely N-dealkylation sites (tertiary alicyclic amines) is 1. The van der Waals surface area contributed by atoms with Gasteiger partial charge in [-0.3, -0.25) is 9.79 Å². The molecule has 1 aliphatic heterocycles. The molecule has 2 aliphatic rings. The fraction of sp³-hybridized carbons (Fsp3) is 0.619. The van der Waals surface area contributed by atoms with E-state index in [-0.39, 0.29) is 5.91 Å². The lowest BCUT2D eigenvalue weighted by Crippen LogP contribution is -2.38. The van der Waals surface area contributed by atoms with Crippen molar-refractivity contribution in [2.45, 2.75) is 45.2 Å². The van der Waals surface area contributed by atoms with Gasteiger partial charge in [-0.15, -0.1) is 0 Å². The number of nitrogens with zero attached hydrogens (tertiary/aromatic N) is 2. The average Bonchev–Trinajstić information content (AvgIpc) is 3.43. The number of carbonyl (C=O) groups is 1. The number of benzene rings is 1. The van der Waals surface area contributed by atoms with Gasteiger partial charge in [0, 0.05) is 52.9 Å². The van der Waals surface area contributed by atoms with Crippen LogP contribution in [0.4, 0.5) is 0 Å². The number of aliphatic imine (C=N–C) groups is 1. The number of carbonyl (C=O) groups excluding carboxylic acids is 1. The Bertz CT molecular complexity index is 643. The summed E-state index contributed by atoms with van der Waals surface area (Å²) < 4.78 is 5.66. The van der Waals surface area contributed by atoms with E-state index in [2.05, 4.69) is 27.8 Å². The van der Waals surface area contributed by atoms with Crippen molar-refractivity contribution in [1.82, 2.24) is 15.5 Å². The molecule has 6 nitrogen and oxygen atoms in total. The van der Waals surface area contributed by atoms with E-state index >= 15 is 0 Å². The molecule has 0 atom stereocenters. The number of nitrogens with one attached hydrogen (secondary N) is 2. The summed E-state index contributed by atoms with van der Waals surface area (Å²) in [5.74, 6) is 1.88. The Kier molecular flexibility index (Phi) is 7.51. The van der Waals surface area contributed by atoms with Crippen molar-refractivity contribution >= 4 is 11.9 Å². The third-order valence-corrected chi connectivity index (χ3v) is 5.13. The van der Waals surface area contributed by atoms with Gasteiger partial charge < -0.3 is 20.3 Å². The summed E-state index contributed by atoms with van der Waals surface area (Å²) in [5.41, 5.74) is 2.40. The highest BCUT2D eigenvalue weighted by Crippen LogP contribution is 2.28. The molecule has 1 aromatic carbocycles. The number of hydrogen-bond donors (Lipinski definition) is 2. The van der Waals surface area contributed by atoms with Gasteiger partial charge >= 0.3 is 0 Å². The van der Waals surface area contributed by atoms with Crippen LogP contribution in [0.15, 0.2) is 29.3 Å². The van der Waals surface area contributed by atoms with Crippen molar-refractivity contribution in [2.75, 3.05) is 33.4 Å². The molecule has 1 heterocycles. The second-order valence-corrected chi connectivity index (χ2v) is 7.41. The molecule has 1 aromatic rings. The Morgan fingerprint density at radius 2 is 2.07 bits per heavy atom. The average molecular weight is 373 g/mol. The molecule has 0 radical (unpaired) electrons. The molecular formula is C21H32N4O2. The molecule has 0 unspecified atom stereocenters. The van der Waals surface area contributed by atoms with Crippen molar-refractivity contribution in [2.24, 2.45) is 10.9 Å². The van der Waals surface area contributed by atoms with Gasteiger partial charge in [0.15, 0.2) is 5.96 Å². The van der Waals surface area contributed by atoms with Gasteiger partial charge in [0.2, 0.25) is 5.91 Å². The molecule has 3 rings (SSSR count). The molecule has 1 saturated heterocycles. The summed E-state index contributed by atoms with van der Waals surface area (Å²) in [6, 6.07) is 8.30. The van der Waals surface area contributed by atoms with E-state index in [1.807, 2.05) is 17.0 Å². The topological polar surface area (TPSA) is 66.0 Å². The van der Waals surface area contributed by atoms with Crippen molar-refractivity contribution in [1.29, 1.82) is 0 Å². The van der Waals surface area contributed by atoms with Crippen molar-refractivity contribution in [3.63, 3.8) is 0 Å². The van der Waals surface area contributed by atoms with E-state index in [9.17, 15) is 4.79 Å². The third-order valence-electron chi connectivity index (χ3n) is 5.13. The van der Waals surface area contributed by atoms with Crippen LogP contribution in [-0.4, -0.2) is 50.1 Å². The summed E-state index contributed by atoms with van der Waals surface area (Å²) in [4.78, 5) is 18.2. The minimum absolute atomic E-state index is 0.263. The fourth-order valence-electron chi connectivity index (χ4n) is 3.28. The van der Waals surface area contributed by atoms with Crippen LogP contribution in [0, 0.1) is 5.92 Å². The lowest BCUT2D eigenvalue weighted by Gasteiger charge is -2.19. The number of hydrogen-bond acceptors (Lipinski definition) is 3. The Hall–Kier alpha value is -2.08. The van der Waals surface area contributed by atoms with E-state index in [1.165, 1.54) is 24.0 Å². The lowest BCUT2D eigenvalue weighted by atomic mass is 10.1. The van der Waals surface area contributed by atoms with Crippen LogP contribution in [0.5, 0.6) is 0 Å². The standard InChI is InChI=1S/C21H32N4O2/c1-22-21(23-11-5-13-27-16-17-9-10-17)24-14-18-6-2-3-7-19(18)15-25-12-4-8-20(25)26/h2-3,6-7,17H,4-5,8-16H2,1H3,(H2,22,23,24). The third kappa shape index (κ3) is 6.54. The second-order valence-electron chi connectivity index (χ2n) is 7.41. The van der Waals surface area contributed by atoms with Crippen LogP contribution < -0.4 is 10.6 Å². The maximum atomic E-state index is 11.9. The van der Waals surface area contributed by atoms with Gasteiger partial charge in [-0.2, -0.15) is 0 Å². The molecule has 2 fully saturated rings. The summed E-state index contributed by atoms with van der Waals surface area (Å²) in [7, 11) is 1.79. The number of ether oxygens (including phenoxy) is 1. The van der Waals surface area contributed by atoms with Gasteiger partial charge in [0.25, 0.3) is 0 Å². The summed E-state index contributed by atoms with van der Waals surface area (Å²) >= 11 is 0. The van der Waals surface area contributed by atoms with E-state index in [1.54, 1.807) is 7.05 Å². The smallest absolute Gasteiger partial charge is 0.222 e. The highest BCUT2D eigenvalue weighted by Gasteiger charge is 2.21. The van der Waals surface area contributed by atoms with Gasteiger partial charge in [-0.05, 0) is 42.7 Å². The first kappa shape index (κ1) is 19.7. The number of rotatable bonds is 10. The molecular weight excluding hydrogens is 340 g/mol. The Morgan fingerprint density at radius 1 is 1.26 bits per heavy atom. The molecule has 1 aliphatic carbocycles. The SMILES string of the molecule is CN=C(NCCCOCC1CC1)NCc1ccccc1CN1CCCC1=O. The Morgan fingerprint density at radius 3 is 2.78 bits per heavy atom. The molecule has 1 amide bonds. The second kappa shape index (κ2) is 10.3. The zero-order chi connectivity index (χ0) is 18.9. The van der Waals surface area contributed by atoms with Gasteiger partial charge in [-0.1, -0.05) is 24.3 Å². The predicted molar refractivity (Wildman–Crippen MR) is 107 cm³/mol. The zero-order valence-corrected chi connectivity index (χ0v) is 16.4. The first-order valence-electron chi connectivity index (χ1n) is 10.1. The minimum atomic E-state index is 0.263. The monoisotopic (exact) mass is 372 g/mol. The maximum absolute atomic E-state index is 11.9. The summed E-state index contributed by atoms with van der Waals surface area (Å²) in [6.07, 6.45) is 5.30. The van der Waals surface area contributed by atoms with Gasteiger partial charge in [0.1, 0.15) is 0 Å². The predicted octanol–water partition coefficient (Wildman–Crippen LogP) is 2.29. The molecule has 0 aromatic heterocycles. The van der Waals surface area contributed by atoms with Crippen molar-refractivity contribution < 1.29 is 9.53 Å². The number of guanidine groups is 1. The minimum Gasteiger partial charge on any atom is -0.381 e. The summed E-state index contributed by atoms with van der Waals surface area (Å²) in [6.45, 7) is 4.81. The van der Waals surface area contributed by atoms with Crippen molar-refractivity contribution in [3.8, 4) is 0 Å². The normalized spacial score (nSPS) is 17.4. The summed E-state index contributed by atoms with van der Waals surface area (Å²) in [5, 5.41) is 6.71. The van der Waals surface area contributed by atoms with Gasteiger partial charge in [-0.25, -0.2) is 0 Å². The van der Waals surface area contributed by atoms with Crippen molar-refractivity contribution in [3.05, 3.63) is 35.4 Å². The molecule has 27 heavy (non-hydrogen) atoms. The van der Waals surface area contributed by atoms with E-state index in [0.29, 0.717) is 19.5 Å². The molecule has 6 heteroatoms. The van der Waals surface area contributed by atoms with Crippen LogP contribution in [0.1, 0.15) is 43.2 Å². The lowest BCUT2D eigenvalue weighted by molar-refractivity contribution is -0.128. The van der Waals surface area contributed by atoms with E-state index in [4.69, 9.17) is 4.74 Å². The van der Waals surface area contributed by atoms with Crippen LogP contribution >= 0.6 is 0 Å². The maximum Gasteiger partial charge on any atom is 0.222 e. The molecule has 1 saturated carbocycles. The fourth-order valence-corrected chi connectivity index (χ4v) is 3.28. The van der Waals surface area contributed by atoms with Crippen LogP contribution in [0.2, 0.25) is 0 Å².